The smallest absolute Gasteiger partial charge is 0.243 e. The van der Waals surface area contributed by atoms with Gasteiger partial charge in [0.2, 0.25) is 5.91 Å². The van der Waals surface area contributed by atoms with E-state index < -0.39 is 0 Å². The molecule has 0 aromatic heterocycles. The van der Waals surface area contributed by atoms with Crippen LogP contribution in [0.15, 0.2) is 24.3 Å². The highest BCUT2D eigenvalue weighted by atomic mass is 16.2. The highest BCUT2D eigenvalue weighted by Gasteiger charge is 2.28. The lowest BCUT2D eigenvalue weighted by Gasteiger charge is -2.34. The number of para-hydroxylation sites is 1. The molecule has 1 aromatic rings. The van der Waals surface area contributed by atoms with Gasteiger partial charge in [0.15, 0.2) is 0 Å². The predicted octanol–water partition coefficient (Wildman–Crippen LogP) is 2.73. The summed E-state index contributed by atoms with van der Waals surface area (Å²) in [6, 6.07) is 7.82. The van der Waals surface area contributed by atoms with Gasteiger partial charge in [-0.15, -0.1) is 0 Å². The molecular weight excluding hydrogens is 236 g/mol. The first-order chi connectivity index (χ1) is 9.13. The normalized spacial score (nSPS) is 19.9. The maximum absolute atomic E-state index is 12.5. The first-order valence-corrected chi connectivity index (χ1v) is 7.28. The first kappa shape index (κ1) is 14.1. The number of nitrogens with zero attached hydrogens (tertiary/aromatic N) is 1. The van der Waals surface area contributed by atoms with Crippen LogP contribution in [0, 0.1) is 5.92 Å². The van der Waals surface area contributed by atoms with Gasteiger partial charge in [0.25, 0.3) is 0 Å². The molecule has 1 aliphatic rings. The topological polar surface area (TPSA) is 46.3 Å². The monoisotopic (exact) mass is 260 g/mol. The molecule has 0 bridgehead atoms. The van der Waals surface area contributed by atoms with Crippen LogP contribution in [0.5, 0.6) is 0 Å². The zero-order valence-corrected chi connectivity index (χ0v) is 11.9. The Labute approximate surface area is 115 Å². The van der Waals surface area contributed by atoms with Crippen LogP contribution in [0.1, 0.15) is 38.7 Å². The fourth-order valence-corrected chi connectivity index (χ4v) is 2.75. The van der Waals surface area contributed by atoms with Gasteiger partial charge in [0.1, 0.15) is 0 Å². The molecular formula is C16H24N2O. The molecule has 1 amide bonds. The van der Waals surface area contributed by atoms with Crippen molar-refractivity contribution in [3.05, 3.63) is 29.8 Å². The van der Waals surface area contributed by atoms with Crippen molar-refractivity contribution in [2.24, 2.45) is 11.7 Å². The zero-order valence-electron chi connectivity index (χ0n) is 11.9. The molecule has 1 aliphatic heterocycles. The lowest BCUT2D eigenvalue weighted by Crippen LogP contribution is -2.47. The molecule has 0 aliphatic carbocycles. The van der Waals surface area contributed by atoms with Crippen molar-refractivity contribution in [1.82, 2.24) is 0 Å². The number of rotatable bonds is 4. The third-order valence-corrected chi connectivity index (χ3v) is 3.80. The molecule has 2 N–H and O–H groups in total. The lowest BCUT2D eigenvalue weighted by molar-refractivity contribution is -0.120. The van der Waals surface area contributed by atoms with Gasteiger partial charge in [-0.1, -0.05) is 44.9 Å². The summed E-state index contributed by atoms with van der Waals surface area (Å²) in [6.07, 6.45) is 3.92. The van der Waals surface area contributed by atoms with E-state index in [0.717, 1.165) is 37.9 Å². The number of unbranched alkanes of at least 4 members (excludes halogenated alkanes) is 1. The fourth-order valence-electron chi connectivity index (χ4n) is 2.75. The average Bonchev–Trinajstić information content (AvgIpc) is 2.42. The molecule has 0 saturated carbocycles. The Bertz CT molecular complexity index is 444. The molecule has 3 nitrogen and oxygen atoms in total. The van der Waals surface area contributed by atoms with E-state index in [1.54, 1.807) is 0 Å². The number of fused-ring (bicyclic) bond motifs is 1. The summed E-state index contributed by atoms with van der Waals surface area (Å²) in [6.45, 7) is 5.10. The number of nitrogens with two attached hydrogens (primary N) is 1. The number of anilines is 1. The average molecular weight is 260 g/mol. The molecule has 2 unspecified atom stereocenters. The summed E-state index contributed by atoms with van der Waals surface area (Å²) in [5.74, 6) is 0.574. The quantitative estimate of drug-likeness (QED) is 0.904. The second kappa shape index (κ2) is 6.20. The Hall–Kier alpha value is -1.35. The van der Waals surface area contributed by atoms with Crippen LogP contribution in [-0.2, 0) is 11.2 Å². The van der Waals surface area contributed by atoms with Crippen molar-refractivity contribution in [3.63, 3.8) is 0 Å². The summed E-state index contributed by atoms with van der Waals surface area (Å²) >= 11 is 0. The van der Waals surface area contributed by atoms with Crippen LogP contribution in [0.2, 0.25) is 0 Å². The highest BCUT2D eigenvalue weighted by Crippen LogP contribution is 2.29. The molecule has 19 heavy (non-hydrogen) atoms. The lowest BCUT2D eigenvalue weighted by atomic mass is 9.93. The highest BCUT2D eigenvalue weighted by molar-refractivity contribution is 5.98. The molecule has 1 heterocycles. The Morgan fingerprint density at radius 2 is 2.21 bits per heavy atom. The molecule has 1 aromatic carbocycles. The number of carbonyl (C=O) groups is 1. The molecule has 0 spiro atoms. The fraction of sp³-hybridized carbons (Fsp3) is 0.562. The minimum atomic E-state index is -0.363. The van der Waals surface area contributed by atoms with E-state index in [4.69, 9.17) is 5.73 Å². The largest absolute Gasteiger partial charge is 0.320 e. The SMILES string of the molecule is CCCCC(N)C(=O)N1CC(C)Cc2ccccc21. The minimum absolute atomic E-state index is 0.0763. The Morgan fingerprint density at radius 3 is 2.95 bits per heavy atom. The van der Waals surface area contributed by atoms with Crippen LogP contribution >= 0.6 is 0 Å². The summed E-state index contributed by atoms with van der Waals surface area (Å²) < 4.78 is 0. The molecule has 0 fully saturated rings. The second-order valence-electron chi connectivity index (χ2n) is 5.64. The molecule has 0 saturated heterocycles. The number of hydrogen-bond acceptors (Lipinski definition) is 2. The number of benzene rings is 1. The predicted molar refractivity (Wildman–Crippen MR) is 79.2 cm³/mol. The summed E-state index contributed by atoms with van der Waals surface area (Å²) in [5.41, 5.74) is 8.36. The number of hydrogen-bond donors (Lipinski definition) is 1. The Morgan fingerprint density at radius 1 is 1.47 bits per heavy atom. The van der Waals surface area contributed by atoms with Gasteiger partial charge in [-0.2, -0.15) is 0 Å². The van der Waals surface area contributed by atoms with E-state index >= 15 is 0 Å². The van der Waals surface area contributed by atoms with Crippen molar-refractivity contribution in [2.45, 2.75) is 45.6 Å². The maximum Gasteiger partial charge on any atom is 0.243 e. The van der Waals surface area contributed by atoms with Crippen LogP contribution in [-0.4, -0.2) is 18.5 Å². The van der Waals surface area contributed by atoms with Crippen molar-refractivity contribution in [2.75, 3.05) is 11.4 Å². The van der Waals surface area contributed by atoms with Gasteiger partial charge in [-0.3, -0.25) is 4.79 Å². The van der Waals surface area contributed by atoms with Crippen molar-refractivity contribution in [1.29, 1.82) is 0 Å². The second-order valence-corrected chi connectivity index (χ2v) is 5.64. The van der Waals surface area contributed by atoms with Gasteiger partial charge >= 0.3 is 0 Å². The van der Waals surface area contributed by atoms with E-state index in [2.05, 4.69) is 19.9 Å². The molecule has 0 radical (unpaired) electrons. The summed E-state index contributed by atoms with van der Waals surface area (Å²) in [5, 5.41) is 0. The first-order valence-electron chi connectivity index (χ1n) is 7.28. The van der Waals surface area contributed by atoms with Crippen LogP contribution in [0.25, 0.3) is 0 Å². The number of amides is 1. The third kappa shape index (κ3) is 3.16. The van der Waals surface area contributed by atoms with Crippen LogP contribution in [0.3, 0.4) is 0 Å². The van der Waals surface area contributed by atoms with E-state index in [1.807, 2.05) is 23.1 Å². The zero-order chi connectivity index (χ0) is 13.8. The van der Waals surface area contributed by atoms with Gasteiger partial charge in [0, 0.05) is 12.2 Å². The standard InChI is InChI=1S/C16H24N2O/c1-3-4-8-14(17)16(19)18-11-12(2)10-13-7-5-6-9-15(13)18/h5-7,9,12,14H,3-4,8,10-11,17H2,1-2H3. The minimum Gasteiger partial charge on any atom is -0.320 e. The van der Waals surface area contributed by atoms with E-state index in [0.29, 0.717) is 5.92 Å². The third-order valence-electron chi connectivity index (χ3n) is 3.80. The molecule has 2 rings (SSSR count). The Balaban J connectivity index is 2.18. The van der Waals surface area contributed by atoms with Crippen LogP contribution in [0.4, 0.5) is 5.69 Å². The summed E-state index contributed by atoms with van der Waals surface area (Å²) in [4.78, 5) is 14.4. The summed E-state index contributed by atoms with van der Waals surface area (Å²) in [7, 11) is 0. The van der Waals surface area contributed by atoms with Crippen molar-refractivity contribution >= 4 is 11.6 Å². The van der Waals surface area contributed by atoms with Crippen LogP contribution < -0.4 is 10.6 Å². The Kier molecular flexibility index (Phi) is 4.59. The van der Waals surface area contributed by atoms with Gasteiger partial charge in [-0.25, -0.2) is 0 Å². The molecule has 104 valence electrons. The van der Waals surface area contributed by atoms with E-state index in [-0.39, 0.29) is 11.9 Å². The molecule has 3 heteroatoms. The van der Waals surface area contributed by atoms with E-state index in [1.165, 1.54) is 5.56 Å². The van der Waals surface area contributed by atoms with Gasteiger partial charge in [-0.05, 0) is 30.4 Å². The number of carbonyl (C=O) groups excluding carboxylic acids is 1. The van der Waals surface area contributed by atoms with Gasteiger partial charge in [0.05, 0.1) is 6.04 Å². The van der Waals surface area contributed by atoms with Gasteiger partial charge < -0.3 is 10.6 Å². The van der Waals surface area contributed by atoms with Crippen molar-refractivity contribution < 1.29 is 4.79 Å². The maximum atomic E-state index is 12.5. The van der Waals surface area contributed by atoms with E-state index in [9.17, 15) is 4.79 Å². The van der Waals surface area contributed by atoms with Crippen molar-refractivity contribution in [3.8, 4) is 0 Å². The molecule has 2 atom stereocenters.